The number of carboxylic acid groups (broad SMARTS) is 1. The zero-order valence-electron chi connectivity index (χ0n) is 23.0. The minimum absolute atomic E-state index is 0.0501. The molecule has 11 heteroatoms. The molecule has 2 atom stereocenters. The second kappa shape index (κ2) is 12.6. The Morgan fingerprint density at radius 3 is 2.48 bits per heavy atom. The highest BCUT2D eigenvalue weighted by atomic mass is 35.5. The summed E-state index contributed by atoms with van der Waals surface area (Å²) >= 11 is 5.84. The van der Waals surface area contributed by atoms with Crippen molar-refractivity contribution < 1.29 is 23.9 Å². The van der Waals surface area contributed by atoms with Crippen molar-refractivity contribution in [3.63, 3.8) is 0 Å². The van der Waals surface area contributed by atoms with E-state index in [9.17, 15) is 23.9 Å². The normalized spacial score (nSPS) is 19.2. The first kappa shape index (κ1) is 29.9. The molecule has 0 aromatic heterocycles. The van der Waals surface area contributed by atoms with Crippen LogP contribution in [-0.2, 0) is 9.59 Å². The molecule has 0 saturated carbocycles. The number of carbonyl (C=O) groups is 3. The quantitative estimate of drug-likeness (QED) is 0.344. The van der Waals surface area contributed by atoms with Crippen molar-refractivity contribution >= 4 is 35.1 Å². The largest absolute Gasteiger partial charge is 0.478 e. The van der Waals surface area contributed by atoms with Crippen LogP contribution in [0.4, 0.5) is 10.1 Å². The van der Waals surface area contributed by atoms with Crippen LogP contribution in [0, 0.1) is 11.2 Å². The first-order chi connectivity index (χ1) is 18.9. The first-order valence-corrected chi connectivity index (χ1v) is 13.9. The number of aromatic carboxylic acids is 1. The van der Waals surface area contributed by atoms with Gasteiger partial charge in [-0.15, -0.1) is 0 Å². The highest BCUT2D eigenvalue weighted by Gasteiger charge is 2.38. The van der Waals surface area contributed by atoms with E-state index in [2.05, 4.69) is 21.3 Å². The van der Waals surface area contributed by atoms with Gasteiger partial charge in [-0.05, 0) is 67.2 Å². The van der Waals surface area contributed by atoms with Crippen LogP contribution in [-0.4, -0.2) is 78.6 Å². The molecular weight excluding hydrogens is 537 g/mol. The van der Waals surface area contributed by atoms with Crippen LogP contribution in [0.3, 0.4) is 0 Å². The molecule has 2 fully saturated rings. The van der Waals surface area contributed by atoms with E-state index in [1.807, 2.05) is 20.8 Å². The fourth-order valence-electron chi connectivity index (χ4n) is 5.17. The van der Waals surface area contributed by atoms with Gasteiger partial charge in [-0.1, -0.05) is 38.4 Å². The highest BCUT2D eigenvalue weighted by molar-refractivity contribution is 6.30. The number of anilines is 1. The number of carboxylic acids is 1. The van der Waals surface area contributed by atoms with Crippen LogP contribution in [0.25, 0.3) is 11.1 Å². The molecule has 2 aromatic rings. The van der Waals surface area contributed by atoms with Gasteiger partial charge in [0.05, 0.1) is 17.3 Å². The van der Waals surface area contributed by atoms with Crippen LogP contribution < -0.4 is 21.3 Å². The van der Waals surface area contributed by atoms with E-state index in [0.717, 1.165) is 32.0 Å². The minimum Gasteiger partial charge on any atom is -0.478 e. The van der Waals surface area contributed by atoms with Gasteiger partial charge in [-0.3, -0.25) is 9.59 Å². The maximum atomic E-state index is 14.4. The number of carbonyl (C=O) groups excluding carboxylic acids is 2. The second-order valence-corrected chi connectivity index (χ2v) is 11.9. The lowest BCUT2D eigenvalue weighted by molar-refractivity contribution is -0.138. The number of halogens is 2. The molecule has 0 bridgehead atoms. The zero-order chi connectivity index (χ0) is 29.0. The lowest BCUT2D eigenvalue weighted by Gasteiger charge is -2.41. The van der Waals surface area contributed by atoms with Crippen molar-refractivity contribution in [3.05, 3.63) is 52.8 Å². The molecule has 2 heterocycles. The standard InChI is InChI=1S/C29H37ClFN5O4/c1-29(2,3)25(34-19-8-10-32-11-9-19)27(38)36-13-12-33-24(16-36)26(37)35-23-7-4-17(14-21(23)28(39)40)20-6-5-18(30)15-22(20)31/h4-7,14-15,19,24-25,32-34H,8-13,16H2,1-3H3,(H,35,37)(H,39,40)/t24-,25-/m1/s1. The number of nitrogens with one attached hydrogen (secondary N) is 4. The minimum atomic E-state index is -1.27. The van der Waals surface area contributed by atoms with Crippen molar-refractivity contribution in [2.24, 2.45) is 5.41 Å². The Balaban J connectivity index is 1.47. The molecule has 2 aromatic carbocycles. The summed E-state index contributed by atoms with van der Waals surface area (Å²) in [7, 11) is 0. The summed E-state index contributed by atoms with van der Waals surface area (Å²) in [5, 5.41) is 22.8. The van der Waals surface area contributed by atoms with E-state index >= 15 is 0 Å². The van der Waals surface area contributed by atoms with Gasteiger partial charge in [0.2, 0.25) is 11.8 Å². The van der Waals surface area contributed by atoms with Gasteiger partial charge >= 0.3 is 5.97 Å². The lowest BCUT2D eigenvalue weighted by atomic mass is 9.84. The molecular formula is C29H37ClFN5O4. The van der Waals surface area contributed by atoms with E-state index in [0.29, 0.717) is 18.7 Å². The predicted octanol–water partition coefficient (Wildman–Crippen LogP) is 3.34. The molecule has 2 saturated heterocycles. The molecule has 0 aliphatic carbocycles. The van der Waals surface area contributed by atoms with Crippen molar-refractivity contribution in [2.75, 3.05) is 38.0 Å². The monoisotopic (exact) mass is 573 g/mol. The topological polar surface area (TPSA) is 123 Å². The summed E-state index contributed by atoms with van der Waals surface area (Å²) in [6, 6.07) is 7.55. The molecule has 2 aliphatic heterocycles. The molecule has 40 heavy (non-hydrogen) atoms. The summed E-state index contributed by atoms with van der Waals surface area (Å²) in [6.07, 6.45) is 1.89. The Morgan fingerprint density at radius 2 is 1.82 bits per heavy atom. The molecule has 4 rings (SSSR count). The fourth-order valence-corrected chi connectivity index (χ4v) is 5.32. The lowest BCUT2D eigenvalue weighted by Crippen LogP contribution is -2.63. The van der Waals surface area contributed by atoms with Gasteiger partial charge in [0.1, 0.15) is 11.9 Å². The number of rotatable bonds is 7. The Hall–Kier alpha value is -3.05. The van der Waals surface area contributed by atoms with E-state index in [1.54, 1.807) is 11.0 Å². The van der Waals surface area contributed by atoms with E-state index in [4.69, 9.17) is 11.6 Å². The molecule has 2 amide bonds. The van der Waals surface area contributed by atoms with Crippen molar-refractivity contribution in [2.45, 2.75) is 51.7 Å². The summed E-state index contributed by atoms with van der Waals surface area (Å²) in [5.41, 5.74) is 0.113. The molecule has 0 unspecified atom stereocenters. The van der Waals surface area contributed by atoms with Gasteiger partial charge in [0.15, 0.2) is 0 Å². The number of hydrogen-bond donors (Lipinski definition) is 5. The number of piperazine rings is 1. The van der Waals surface area contributed by atoms with E-state index in [1.165, 1.54) is 24.3 Å². The number of benzene rings is 2. The molecule has 2 aliphatic rings. The fraction of sp³-hybridized carbons (Fsp3) is 0.483. The van der Waals surface area contributed by atoms with Crippen LogP contribution in [0.1, 0.15) is 44.0 Å². The van der Waals surface area contributed by atoms with E-state index < -0.39 is 29.8 Å². The average Bonchev–Trinajstić information content (AvgIpc) is 2.91. The Bertz CT molecular complexity index is 1260. The number of amides is 2. The van der Waals surface area contributed by atoms with Crippen LogP contribution >= 0.6 is 11.6 Å². The third-order valence-corrected chi connectivity index (χ3v) is 7.64. The van der Waals surface area contributed by atoms with Crippen molar-refractivity contribution in [1.29, 1.82) is 0 Å². The highest BCUT2D eigenvalue weighted by Crippen LogP contribution is 2.29. The number of piperidine rings is 1. The van der Waals surface area contributed by atoms with Crippen LogP contribution in [0.15, 0.2) is 36.4 Å². The summed E-state index contributed by atoms with van der Waals surface area (Å²) in [6.45, 7) is 8.95. The van der Waals surface area contributed by atoms with Gasteiger partial charge in [-0.2, -0.15) is 0 Å². The molecule has 5 N–H and O–H groups in total. The molecule has 0 radical (unpaired) electrons. The Morgan fingerprint density at radius 1 is 1.10 bits per heavy atom. The maximum absolute atomic E-state index is 14.4. The first-order valence-electron chi connectivity index (χ1n) is 13.6. The SMILES string of the molecule is CC(C)(C)[C@H](NC1CCNCC1)C(=O)N1CCN[C@@H](C(=O)Nc2ccc(-c3ccc(Cl)cc3F)cc2C(=O)O)C1. The number of hydrogen-bond acceptors (Lipinski definition) is 6. The Kier molecular flexibility index (Phi) is 9.45. The third kappa shape index (κ3) is 7.17. The van der Waals surface area contributed by atoms with Gasteiger partial charge < -0.3 is 31.3 Å². The molecule has 9 nitrogen and oxygen atoms in total. The summed E-state index contributed by atoms with van der Waals surface area (Å²) in [5.74, 6) is -2.35. The number of nitrogens with zero attached hydrogens (tertiary/aromatic N) is 1. The summed E-state index contributed by atoms with van der Waals surface area (Å²) < 4.78 is 14.4. The van der Waals surface area contributed by atoms with Gasteiger partial charge in [0, 0.05) is 36.3 Å². The third-order valence-electron chi connectivity index (χ3n) is 7.41. The van der Waals surface area contributed by atoms with Crippen molar-refractivity contribution in [3.8, 4) is 11.1 Å². The summed E-state index contributed by atoms with van der Waals surface area (Å²) in [4.78, 5) is 40.7. The molecule has 0 spiro atoms. The Labute approximate surface area is 238 Å². The smallest absolute Gasteiger partial charge is 0.337 e. The van der Waals surface area contributed by atoms with Crippen molar-refractivity contribution in [1.82, 2.24) is 20.9 Å². The second-order valence-electron chi connectivity index (χ2n) is 11.5. The van der Waals surface area contributed by atoms with Gasteiger partial charge in [-0.25, -0.2) is 9.18 Å². The molecule has 216 valence electrons. The average molecular weight is 574 g/mol. The predicted molar refractivity (Wildman–Crippen MR) is 153 cm³/mol. The van der Waals surface area contributed by atoms with Gasteiger partial charge in [0.25, 0.3) is 0 Å². The zero-order valence-corrected chi connectivity index (χ0v) is 23.8. The van der Waals surface area contributed by atoms with E-state index in [-0.39, 0.29) is 45.7 Å². The maximum Gasteiger partial charge on any atom is 0.337 e. The van der Waals surface area contributed by atoms with Crippen LogP contribution in [0.2, 0.25) is 5.02 Å². The van der Waals surface area contributed by atoms with Crippen LogP contribution in [0.5, 0.6) is 0 Å².